The molecule has 8 N–H and O–H groups in total. The van der Waals surface area contributed by atoms with E-state index in [2.05, 4.69) is 16.0 Å². The smallest absolute Gasteiger partial charge is 0.326 e. The zero-order valence-electron chi connectivity index (χ0n) is 22.3. The number of phenolic OH excluding ortho intramolecular Hbond substituents is 1. The summed E-state index contributed by atoms with van der Waals surface area (Å²) in [6.07, 6.45) is 0.406. The van der Waals surface area contributed by atoms with Gasteiger partial charge in [-0.25, -0.2) is 4.79 Å². The molecular weight excluding hydrogens is 496 g/mol. The zero-order chi connectivity index (χ0) is 29.0. The Morgan fingerprint density at radius 3 is 1.74 bits per heavy atom. The van der Waals surface area contributed by atoms with E-state index in [1.54, 1.807) is 32.9 Å². The Bertz CT molecular complexity index is 968. The molecule has 0 aliphatic rings. The summed E-state index contributed by atoms with van der Waals surface area (Å²) in [7, 11) is 0. The number of rotatable bonds is 16. The highest BCUT2D eigenvalue weighted by Crippen LogP contribution is 2.14. The number of nitrogens with two attached hydrogens (primary N) is 1. The van der Waals surface area contributed by atoms with Crippen molar-refractivity contribution < 1.29 is 39.3 Å². The fraction of sp³-hybridized carbons (Fsp3) is 0.577. The molecule has 0 saturated carbocycles. The number of carbonyl (C=O) groups excluding carboxylic acids is 3. The Balaban J connectivity index is 3.01. The number of amides is 3. The quantitative estimate of drug-likeness (QED) is 0.159. The molecule has 1 aromatic carbocycles. The summed E-state index contributed by atoms with van der Waals surface area (Å²) >= 11 is 0. The first-order valence-corrected chi connectivity index (χ1v) is 12.7. The number of phenols is 1. The van der Waals surface area contributed by atoms with Gasteiger partial charge in [0, 0.05) is 6.42 Å². The Labute approximate surface area is 222 Å². The molecule has 0 heterocycles. The highest BCUT2D eigenvalue weighted by Gasteiger charge is 2.34. The molecule has 0 saturated heterocycles. The van der Waals surface area contributed by atoms with Gasteiger partial charge in [0.1, 0.15) is 23.9 Å². The summed E-state index contributed by atoms with van der Waals surface area (Å²) in [5, 5.41) is 35.3. The van der Waals surface area contributed by atoms with Gasteiger partial charge in [0.15, 0.2) is 0 Å². The minimum absolute atomic E-state index is 0.0803. The standard InChI is InChI=1S/C26H40N4O8/c1-5-14(3)21(24(35)28-19(26(37)38)11-12-20(32)33)30-25(36)22(15(4)6-2)29-23(34)18(27)13-16-7-9-17(31)10-8-16/h7-10,14-15,18-19,21-22,31H,5-6,11-13,27H2,1-4H3,(H,28,35)(H,29,34)(H,30,36)(H,32,33)(H,37,38). The van der Waals surface area contributed by atoms with Crippen LogP contribution < -0.4 is 21.7 Å². The van der Waals surface area contributed by atoms with E-state index in [1.165, 1.54) is 12.1 Å². The lowest BCUT2D eigenvalue weighted by Gasteiger charge is -2.30. The van der Waals surface area contributed by atoms with Gasteiger partial charge in [0.2, 0.25) is 17.7 Å². The van der Waals surface area contributed by atoms with Crippen LogP contribution in [0.15, 0.2) is 24.3 Å². The number of carbonyl (C=O) groups is 5. The summed E-state index contributed by atoms with van der Waals surface area (Å²) in [6, 6.07) is 1.68. The molecule has 0 bridgehead atoms. The van der Waals surface area contributed by atoms with E-state index >= 15 is 0 Å². The second-order valence-electron chi connectivity index (χ2n) is 9.55. The average Bonchev–Trinajstić information content (AvgIpc) is 2.87. The van der Waals surface area contributed by atoms with Crippen molar-refractivity contribution in [3.8, 4) is 5.75 Å². The van der Waals surface area contributed by atoms with Crippen LogP contribution in [0.5, 0.6) is 5.75 Å². The highest BCUT2D eigenvalue weighted by molar-refractivity contribution is 5.94. The summed E-state index contributed by atoms with van der Waals surface area (Å²) in [5.41, 5.74) is 6.78. The van der Waals surface area contributed by atoms with Crippen LogP contribution in [0.4, 0.5) is 0 Å². The van der Waals surface area contributed by atoms with E-state index in [9.17, 15) is 34.2 Å². The fourth-order valence-corrected chi connectivity index (χ4v) is 3.67. The maximum Gasteiger partial charge on any atom is 0.326 e. The molecule has 0 spiro atoms. The van der Waals surface area contributed by atoms with Gasteiger partial charge in [-0.3, -0.25) is 19.2 Å². The van der Waals surface area contributed by atoms with Crippen molar-refractivity contribution in [3.63, 3.8) is 0 Å². The number of aliphatic carboxylic acids is 2. The third-order valence-corrected chi connectivity index (χ3v) is 6.58. The van der Waals surface area contributed by atoms with Gasteiger partial charge >= 0.3 is 11.9 Å². The first-order valence-electron chi connectivity index (χ1n) is 12.7. The number of benzene rings is 1. The van der Waals surface area contributed by atoms with Gasteiger partial charge in [-0.15, -0.1) is 0 Å². The van der Waals surface area contributed by atoms with Crippen LogP contribution in [-0.4, -0.2) is 69.1 Å². The minimum Gasteiger partial charge on any atom is -0.508 e. The van der Waals surface area contributed by atoms with Gasteiger partial charge in [-0.1, -0.05) is 52.7 Å². The van der Waals surface area contributed by atoms with Gasteiger partial charge in [0.05, 0.1) is 6.04 Å². The van der Waals surface area contributed by atoms with Gasteiger partial charge < -0.3 is 37.0 Å². The molecule has 0 aliphatic carbocycles. The van der Waals surface area contributed by atoms with Crippen molar-refractivity contribution in [1.82, 2.24) is 16.0 Å². The molecule has 0 radical (unpaired) electrons. The van der Waals surface area contributed by atoms with Crippen molar-refractivity contribution in [1.29, 1.82) is 0 Å². The predicted molar refractivity (Wildman–Crippen MR) is 139 cm³/mol. The van der Waals surface area contributed by atoms with E-state index in [0.717, 1.165) is 5.56 Å². The Morgan fingerprint density at radius 2 is 1.29 bits per heavy atom. The molecule has 1 aromatic rings. The molecule has 6 unspecified atom stereocenters. The molecule has 12 nitrogen and oxygen atoms in total. The van der Waals surface area contributed by atoms with E-state index in [0.29, 0.717) is 12.8 Å². The lowest BCUT2D eigenvalue weighted by atomic mass is 9.94. The molecule has 3 amide bonds. The van der Waals surface area contributed by atoms with Crippen LogP contribution in [-0.2, 0) is 30.4 Å². The van der Waals surface area contributed by atoms with E-state index in [-0.39, 0.29) is 24.5 Å². The third kappa shape index (κ3) is 10.4. The highest BCUT2D eigenvalue weighted by atomic mass is 16.4. The monoisotopic (exact) mass is 536 g/mol. The molecule has 0 aliphatic heterocycles. The van der Waals surface area contributed by atoms with Crippen LogP contribution in [0.2, 0.25) is 0 Å². The van der Waals surface area contributed by atoms with Crippen LogP contribution in [0.25, 0.3) is 0 Å². The lowest BCUT2D eigenvalue weighted by Crippen LogP contribution is -2.60. The molecule has 0 fully saturated rings. The third-order valence-electron chi connectivity index (χ3n) is 6.58. The summed E-state index contributed by atoms with van der Waals surface area (Å²) in [6.45, 7) is 7.11. The number of hydrogen-bond acceptors (Lipinski definition) is 7. The van der Waals surface area contributed by atoms with Crippen molar-refractivity contribution >= 4 is 29.7 Å². The summed E-state index contributed by atoms with van der Waals surface area (Å²) in [5.74, 6) is -5.17. The number of carboxylic acids is 2. The normalized spacial score (nSPS) is 15.7. The molecule has 0 aromatic heterocycles. The Morgan fingerprint density at radius 1 is 0.816 bits per heavy atom. The van der Waals surface area contributed by atoms with Gasteiger partial charge in [-0.2, -0.15) is 0 Å². The number of aromatic hydroxyl groups is 1. The molecular formula is C26H40N4O8. The fourth-order valence-electron chi connectivity index (χ4n) is 3.67. The Kier molecular flexibility index (Phi) is 13.2. The van der Waals surface area contributed by atoms with Crippen LogP contribution in [0, 0.1) is 11.8 Å². The van der Waals surface area contributed by atoms with Crippen LogP contribution in [0.1, 0.15) is 58.9 Å². The topological polar surface area (TPSA) is 208 Å². The summed E-state index contributed by atoms with van der Waals surface area (Å²) < 4.78 is 0. The maximum atomic E-state index is 13.3. The number of nitrogens with one attached hydrogen (secondary N) is 3. The Hall–Kier alpha value is -3.67. The average molecular weight is 537 g/mol. The van der Waals surface area contributed by atoms with Gasteiger partial charge in [-0.05, 0) is 42.4 Å². The first kappa shape index (κ1) is 32.4. The largest absolute Gasteiger partial charge is 0.508 e. The maximum absolute atomic E-state index is 13.3. The van der Waals surface area contributed by atoms with Crippen molar-refractivity contribution in [2.75, 3.05) is 0 Å². The number of carboxylic acid groups (broad SMARTS) is 2. The second-order valence-corrected chi connectivity index (χ2v) is 9.55. The predicted octanol–water partition coefficient (Wildman–Crippen LogP) is 0.758. The number of hydrogen-bond donors (Lipinski definition) is 7. The zero-order valence-corrected chi connectivity index (χ0v) is 22.3. The van der Waals surface area contributed by atoms with Crippen molar-refractivity contribution in [3.05, 3.63) is 29.8 Å². The summed E-state index contributed by atoms with van der Waals surface area (Å²) in [4.78, 5) is 61.5. The molecule has 38 heavy (non-hydrogen) atoms. The van der Waals surface area contributed by atoms with Crippen LogP contribution >= 0.6 is 0 Å². The second kappa shape index (κ2) is 15.6. The lowest BCUT2D eigenvalue weighted by molar-refractivity contribution is -0.143. The van der Waals surface area contributed by atoms with Crippen molar-refractivity contribution in [2.45, 2.75) is 84.0 Å². The van der Waals surface area contributed by atoms with Gasteiger partial charge in [0.25, 0.3) is 0 Å². The molecule has 1 rings (SSSR count). The first-order chi connectivity index (χ1) is 17.8. The SMILES string of the molecule is CCC(C)C(NC(=O)C(N)Cc1ccc(O)cc1)C(=O)NC(C(=O)NC(CCC(=O)O)C(=O)O)C(C)CC. The van der Waals surface area contributed by atoms with Crippen molar-refractivity contribution in [2.24, 2.45) is 17.6 Å². The van der Waals surface area contributed by atoms with E-state index < -0.39 is 66.2 Å². The van der Waals surface area contributed by atoms with Crippen LogP contribution in [0.3, 0.4) is 0 Å². The van der Waals surface area contributed by atoms with E-state index in [1.807, 2.05) is 6.92 Å². The molecule has 6 atom stereocenters. The minimum atomic E-state index is -1.44. The molecule has 12 heteroatoms. The molecule has 212 valence electrons. The van der Waals surface area contributed by atoms with E-state index in [4.69, 9.17) is 10.8 Å².